The molecule has 3 heterocycles. The molecule has 0 bridgehead atoms. The highest BCUT2D eigenvalue weighted by Gasteiger charge is 2.21. The van der Waals surface area contributed by atoms with Crippen LogP contribution in [0.5, 0.6) is 0 Å². The molecule has 1 aliphatic heterocycles. The fourth-order valence-corrected chi connectivity index (χ4v) is 4.31. The smallest absolute Gasteiger partial charge is 0.221 e. The Morgan fingerprint density at radius 1 is 1.46 bits per heavy atom. The largest absolute Gasteiger partial charge is 0.351 e. The maximum absolute atomic E-state index is 11.9. The highest BCUT2D eigenvalue weighted by atomic mass is 32.2. The summed E-state index contributed by atoms with van der Waals surface area (Å²) in [6.45, 7) is 2.71. The Kier molecular flexibility index (Phi) is 6.28. The van der Waals surface area contributed by atoms with Gasteiger partial charge < -0.3 is 15.2 Å². The van der Waals surface area contributed by atoms with E-state index < -0.39 is 0 Å². The molecule has 1 amide bonds. The summed E-state index contributed by atoms with van der Waals surface area (Å²) in [5.74, 6) is 2.36. The van der Waals surface area contributed by atoms with E-state index in [0.717, 1.165) is 36.9 Å². The fraction of sp³-hybridized carbons (Fsp3) is 0.562. The molecule has 0 saturated carbocycles. The van der Waals surface area contributed by atoms with Gasteiger partial charge in [-0.05, 0) is 37.4 Å². The zero-order chi connectivity index (χ0) is 16.8. The predicted molar refractivity (Wildman–Crippen MR) is 97.4 cm³/mol. The number of thioether (sulfide) groups is 1. The molecule has 2 N–H and O–H groups in total. The van der Waals surface area contributed by atoms with E-state index in [0.29, 0.717) is 24.6 Å². The van der Waals surface area contributed by atoms with Gasteiger partial charge in [0.25, 0.3) is 0 Å². The Balaban J connectivity index is 1.43. The van der Waals surface area contributed by atoms with Gasteiger partial charge in [0, 0.05) is 30.0 Å². The molecule has 6 nitrogen and oxygen atoms in total. The van der Waals surface area contributed by atoms with E-state index in [-0.39, 0.29) is 5.91 Å². The lowest BCUT2D eigenvalue weighted by molar-refractivity contribution is -0.120. The lowest BCUT2D eigenvalue weighted by atomic mass is 9.97. The summed E-state index contributed by atoms with van der Waals surface area (Å²) in [4.78, 5) is 13.1. The van der Waals surface area contributed by atoms with Crippen molar-refractivity contribution in [2.45, 2.75) is 36.9 Å². The Hall–Kier alpha value is -1.38. The van der Waals surface area contributed by atoms with Crippen molar-refractivity contribution < 1.29 is 4.79 Å². The number of thiophene rings is 1. The standard InChI is InChI=1S/C16H23N5OS2/c1-21-15(12-4-7-17-8-5-12)19-20-16(21)24-10-6-14(22)18-11-13-3-2-9-23-13/h2-3,9,12,17H,4-8,10-11H2,1H3,(H,18,22). The zero-order valence-electron chi connectivity index (χ0n) is 13.8. The number of carbonyl (C=O) groups is 1. The molecule has 8 heteroatoms. The van der Waals surface area contributed by atoms with E-state index in [1.807, 2.05) is 24.6 Å². The number of rotatable bonds is 7. The summed E-state index contributed by atoms with van der Waals surface area (Å²) < 4.78 is 2.09. The summed E-state index contributed by atoms with van der Waals surface area (Å²) >= 11 is 3.26. The SMILES string of the molecule is Cn1c(SCCC(=O)NCc2cccs2)nnc1C1CCNCC1. The second-order valence-electron chi connectivity index (χ2n) is 5.88. The number of nitrogens with one attached hydrogen (secondary N) is 2. The summed E-state index contributed by atoms with van der Waals surface area (Å²) in [7, 11) is 2.02. The summed E-state index contributed by atoms with van der Waals surface area (Å²) in [5.41, 5.74) is 0. The molecule has 1 saturated heterocycles. The second kappa shape index (κ2) is 8.64. The summed E-state index contributed by atoms with van der Waals surface area (Å²) in [6.07, 6.45) is 2.72. The van der Waals surface area contributed by atoms with Crippen LogP contribution < -0.4 is 10.6 Å². The van der Waals surface area contributed by atoms with Crippen molar-refractivity contribution in [2.24, 2.45) is 7.05 Å². The first-order valence-electron chi connectivity index (χ1n) is 8.26. The van der Waals surface area contributed by atoms with Gasteiger partial charge in [0.05, 0.1) is 6.54 Å². The number of aromatic nitrogens is 3. The maximum Gasteiger partial charge on any atom is 0.221 e. The number of piperidine rings is 1. The minimum Gasteiger partial charge on any atom is -0.351 e. The van der Waals surface area contributed by atoms with Gasteiger partial charge in [-0.3, -0.25) is 4.79 Å². The molecule has 0 atom stereocenters. The number of carbonyl (C=O) groups excluding carboxylic acids is 1. The van der Waals surface area contributed by atoms with E-state index in [2.05, 4.69) is 25.4 Å². The van der Waals surface area contributed by atoms with Crippen LogP contribution in [0.15, 0.2) is 22.7 Å². The first kappa shape index (κ1) is 17.4. The summed E-state index contributed by atoms with van der Waals surface area (Å²) in [5, 5.41) is 17.9. The zero-order valence-corrected chi connectivity index (χ0v) is 15.5. The molecule has 130 valence electrons. The van der Waals surface area contributed by atoms with Crippen molar-refractivity contribution in [2.75, 3.05) is 18.8 Å². The lowest BCUT2D eigenvalue weighted by Crippen LogP contribution is -2.27. The average Bonchev–Trinajstić information content (AvgIpc) is 3.24. The van der Waals surface area contributed by atoms with Gasteiger partial charge in [-0.15, -0.1) is 21.5 Å². The van der Waals surface area contributed by atoms with Gasteiger partial charge in [-0.1, -0.05) is 17.8 Å². The first-order chi connectivity index (χ1) is 11.7. The maximum atomic E-state index is 11.9. The van der Waals surface area contributed by atoms with Gasteiger partial charge >= 0.3 is 0 Å². The Bertz CT molecular complexity index is 649. The quantitative estimate of drug-likeness (QED) is 0.736. The highest BCUT2D eigenvalue weighted by molar-refractivity contribution is 7.99. The van der Waals surface area contributed by atoms with Crippen molar-refractivity contribution in [3.8, 4) is 0 Å². The van der Waals surface area contributed by atoms with E-state index in [9.17, 15) is 4.79 Å². The molecule has 0 unspecified atom stereocenters. The molecule has 1 fully saturated rings. The van der Waals surface area contributed by atoms with Crippen LogP contribution in [0.2, 0.25) is 0 Å². The number of nitrogens with zero attached hydrogens (tertiary/aromatic N) is 3. The van der Waals surface area contributed by atoms with Crippen LogP contribution in [0.4, 0.5) is 0 Å². The molecule has 0 aliphatic carbocycles. The molecule has 3 rings (SSSR count). The lowest BCUT2D eigenvalue weighted by Gasteiger charge is -2.21. The monoisotopic (exact) mass is 365 g/mol. The minimum atomic E-state index is 0.0802. The molecule has 0 spiro atoms. The molecule has 2 aromatic heterocycles. The average molecular weight is 366 g/mol. The van der Waals surface area contributed by atoms with Crippen molar-refractivity contribution in [1.29, 1.82) is 0 Å². The van der Waals surface area contributed by atoms with E-state index in [1.165, 1.54) is 4.88 Å². The molecular weight excluding hydrogens is 342 g/mol. The van der Waals surface area contributed by atoms with Crippen LogP contribution in [0.3, 0.4) is 0 Å². The summed E-state index contributed by atoms with van der Waals surface area (Å²) in [6, 6.07) is 4.03. The molecule has 2 aromatic rings. The molecule has 24 heavy (non-hydrogen) atoms. The van der Waals surface area contributed by atoms with E-state index in [1.54, 1.807) is 23.1 Å². The molecule has 1 aliphatic rings. The van der Waals surface area contributed by atoms with Crippen LogP contribution in [-0.4, -0.2) is 39.5 Å². The van der Waals surface area contributed by atoms with Gasteiger partial charge in [-0.2, -0.15) is 0 Å². The van der Waals surface area contributed by atoms with Gasteiger partial charge in [0.2, 0.25) is 5.91 Å². The van der Waals surface area contributed by atoms with Gasteiger partial charge in [0.1, 0.15) is 5.82 Å². The second-order valence-corrected chi connectivity index (χ2v) is 7.97. The molecule has 0 radical (unpaired) electrons. The van der Waals surface area contributed by atoms with Crippen LogP contribution in [0, 0.1) is 0 Å². The third kappa shape index (κ3) is 4.58. The van der Waals surface area contributed by atoms with Crippen molar-refractivity contribution in [3.63, 3.8) is 0 Å². The Labute approximate surface area is 150 Å². The molecular formula is C16H23N5OS2. The van der Waals surface area contributed by atoms with Gasteiger partial charge in [-0.25, -0.2) is 0 Å². The highest BCUT2D eigenvalue weighted by Crippen LogP contribution is 2.26. The molecule has 0 aromatic carbocycles. The first-order valence-corrected chi connectivity index (χ1v) is 10.1. The third-order valence-corrected chi connectivity index (χ3v) is 6.07. The topological polar surface area (TPSA) is 71.8 Å². The number of hydrogen-bond donors (Lipinski definition) is 2. The third-order valence-electron chi connectivity index (χ3n) is 4.17. The fourth-order valence-electron chi connectivity index (χ4n) is 2.81. The van der Waals surface area contributed by atoms with Crippen molar-refractivity contribution in [1.82, 2.24) is 25.4 Å². The minimum absolute atomic E-state index is 0.0802. The van der Waals surface area contributed by atoms with E-state index in [4.69, 9.17) is 0 Å². The van der Waals surface area contributed by atoms with Crippen LogP contribution in [-0.2, 0) is 18.4 Å². The van der Waals surface area contributed by atoms with Crippen LogP contribution >= 0.6 is 23.1 Å². The normalized spacial score (nSPS) is 15.5. The van der Waals surface area contributed by atoms with Crippen LogP contribution in [0.25, 0.3) is 0 Å². The van der Waals surface area contributed by atoms with Crippen molar-refractivity contribution >= 4 is 29.0 Å². The Morgan fingerprint density at radius 2 is 2.29 bits per heavy atom. The van der Waals surface area contributed by atoms with Crippen molar-refractivity contribution in [3.05, 3.63) is 28.2 Å². The van der Waals surface area contributed by atoms with E-state index >= 15 is 0 Å². The predicted octanol–water partition coefficient (Wildman–Crippen LogP) is 2.14. The number of amides is 1. The Morgan fingerprint density at radius 3 is 3.04 bits per heavy atom. The van der Waals surface area contributed by atoms with Crippen LogP contribution in [0.1, 0.15) is 35.9 Å². The van der Waals surface area contributed by atoms with Gasteiger partial charge in [0.15, 0.2) is 5.16 Å². The number of hydrogen-bond acceptors (Lipinski definition) is 6.